The average molecular weight is 172 g/mol. The Labute approximate surface area is 77.1 Å². The lowest BCUT2D eigenvalue weighted by atomic mass is 9.92. The van der Waals surface area contributed by atoms with Gasteiger partial charge in [0.25, 0.3) is 0 Å². The van der Waals surface area contributed by atoms with Crippen LogP contribution in [0.1, 0.15) is 34.1 Å². The molecule has 0 saturated carbocycles. The Hall–Kier alpha value is -0.0800. The molecule has 74 valence electrons. The van der Waals surface area contributed by atoms with Crippen molar-refractivity contribution < 1.29 is 0 Å². The quantitative estimate of drug-likeness (QED) is 0.636. The maximum Gasteiger partial charge on any atom is 0.0125 e. The second kappa shape index (κ2) is 5.55. The molecule has 0 fully saturated rings. The standard InChI is InChI=1S/C10H24N2/c1-6-12-8-9(2)7-10(3,4)11-5/h9,11-12H,6-8H2,1-5H3. The van der Waals surface area contributed by atoms with Gasteiger partial charge in [0.1, 0.15) is 0 Å². The van der Waals surface area contributed by atoms with Crippen molar-refractivity contribution in [3.63, 3.8) is 0 Å². The van der Waals surface area contributed by atoms with E-state index in [-0.39, 0.29) is 5.54 Å². The Morgan fingerprint density at radius 1 is 1.33 bits per heavy atom. The summed E-state index contributed by atoms with van der Waals surface area (Å²) in [5, 5.41) is 6.69. The summed E-state index contributed by atoms with van der Waals surface area (Å²) >= 11 is 0. The van der Waals surface area contributed by atoms with E-state index in [2.05, 4.69) is 38.3 Å². The van der Waals surface area contributed by atoms with Crippen molar-refractivity contribution in [2.24, 2.45) is 5.92 Å². The van der Waals surface area contributed by atoms with E-state index in [1.807, 2.05) is 7.05 Å². The van der Waals surface area contributed by atoms with Crippen molar-refractivity contribution in [3.05, 3.63) is 0 Å². The molecule has 0 rings (SSSR count). The third-order valence-corrected chi connectivity index (χ3v) is 2.28. The summed E-state index contributed by atoms with van der Waals surface area (Å²) in [7, 11) is 2.03. The molecule has 0 spiro atoms. The van der Waals surface area contributed by atoms with Crippen molar-refractivity contribution in [1.29, 1.82) is 0 Å². The van der Waals surface area contributed by atoms with Gasteiger partial charge in [-0.15, -0.1) is 0 Å². The highest BCUT2D eigenvalue weighted by Crippen LogP contribution is 2.14. The summed E-state index contributed by atoms with van der Waals surface area (Å²) in [4.78, 5) is 0. The zero-order valence-corrected chi connectivity index (χ0v) is 9.20. The molecule has 0 aliphatic heterocycles. The molecule has 2 heteroatoms. The summed E-state index contributed by atoms with van der Waals surface area (Å²) < 4.78 is 0. The molecule has 0 bridgehead atoms. The molecule has 1 atom stereocenters. The fraction of sp³-hybridized carbons (Fsp3) is 1.00. The van der Waals surface area contributed by atoms with Crippen LogP contribution in [-0.4, -0.2) is 25.7 Å². The van der Waals surface area contributed by atoms with Crippen LogP contribution in [0.4, 0.5) is 0 Å². The van der Waals surface area contributed by atoms with Crippen molar-refractivity contribution in [2.45, 2.75) is 39.7 Å². The summed E-state index contributed by atoms with van der Waals surface area (Å²) in [6.45, 7) is 11.1. The normalized spacial score (nSPS) is 14.8. The van der Waals surface area contributed by atoms with Crippen LogP contribution in [0, 0.1) is 5.92 Å². The summed E-state index contributed by atoms with van der Waals surface area (Å²) in [6, 6.07) is 0. The largest absolute Gasteiger partial charge is 0.317 e. The predicted octanol–water partition coefficient (Wildman–Crippen LogP) is 1.62. The van der Waals surface area contributed by atoms with Crippen LogP contribution in [-0.2, 0) is 0 Å². The second-order valence-corrected chi connectivity index (χ2v) is 4.25. The molecule has 0 aromatic heterocycles. The number of hydrogen-bond donors (Lipinski definition) is 2. The highest BCUT2D eigenvalue weighted by atomic mass is 14.9. The molecule has 0 aliphatic carbocycles. The summed E-state index contributed by atoms with van der Waals surface area (Å²) in [5.74, 6) is 0.743. The first kappa shape index (κ1) is 11.9. The van der Waals surface area contributed by atoms with Gasteiger partial charge >= 0.3 is 0 Å². The Kier molecular flexibility index (Phi) is 5.51. The van der Waals surface area contributed by atoms with E-state index in [1.165, 1.54) is 6.42 Å². The zero-order valence-electron chi connectivity index (χ0n) is 9.20. The molecule has 0 amide bonds. The average Bonchev–Trinajstić information content (AvgIpc) is 2.00. The SMILES string of the molecule is CCNCC(C)CC(C)(C)NC. The fourth-order valence-corrected chi connectivity index (χ4v) is 1.44. The van der Waals surface area contributed by atoms with Gasteiger partial charge < -0.3 is 10.6 Å². The molecular weight excluding hydrogens is 148 g/mol. The fourth-order valence-electron chi connectivity index (χ4n) is 1.44. The van der Waals surface area contributed by atoms with E-state index in [9.17, 15) is 0 Å². The molecule has 0 saturated heterocycles. The van der Waals surface area contributed by atoms with Gasteiger partial charge in [-0.3, -0.25) is 0 Å². The van der Waals surface area contributed by atoms with Crippen molar-refractivity contribution >= 4 is 0 Å². The molecular formula is C10H24N2. The lowest BCUT2D eigenvalue weighted by Crippen LogP contribution is -2.39. The van der Waals surface area contributed by atoms with Crippen LogP contribution in [0.25, 0.3) is 0 Å². The molecule has 0 aromatic carbocycles. The van der Waals surface area contributed by atoms with Crippen LogP contribution in [0.5, 0.6) is 0 Å². The molecule has 0 aliphatic rings. The van der Waals surface area contributed by atoms with Gasteiger partial charge in [0.2, 0.25) is 0 Å². The minimum Gasteiger partial charge on any atom is -0.317 e. The third-order valence-electron chi connectivity index (χ3n) is 2.28. The van der Waals surface area contributed by atoms with Gasteiger partial charge in [0, 0.05) is 5.54 Å². The molecule has 0 radical (unpaired) electrons. The summed E-state index contributed by atoms with van der Waals surface area (Å²) in [6.07, 6.45) is 1.22. The lowest BCUT2D eigenvalue weighted by molar-refractivity contribution is 0.320. The molecule has 0 aromatic rings. The predicted molar refractivity (Wildman–Crippen MR) is 55.5 cm³/mol. The van der Waals surface area contributed by atoms with Crippen molar-refractivity contribution in [2.75, 3.05) is 20.1 Å². The van der Waals surface area contributed by atoms with Gasteiger partial charge in [-0.05, 0) is 46.3 Å². The second-order valence-electron chi connectivity index (χ2n) is 4.25. The molecule has 1 unspecified atom stereocenters. The van der Waals surface area contributed by atoms with Crippen LogP contribution in [0.2, 0.25) is 0 Å². The Balaban J connectivity index is 3.60. The topological polar surface area (TPSA) is 24.1 Å². The number of rotatable bonds is 6. The maximum absolute atomic E-state index is 3.37. The van der Waals surface area contributed by atoms with Crippen LogP contribution in [0.3, 0.4) is 0 Å². The smallest absolute Gasteiger partial charge is 0.0125 e. The lowest BCUT2D eigenvalue weighted by Gasteiger charge is -2.27. The maximum atomic E-state index is 3.37. The highest BCUT2D eigenvalue weighted by Gasteiger charge is 2.17. The monoisotopic (exact) mass is 172 g/mol. The van der Waals surface area contributed by atoms with E-state index in [4.69, 9.17) is 0 Å². The first-order chi connectivity index (χ1) is 5.52. The zero-order chi connectivity index (χ0) is 9.61. The van der Waals surface area contributed by atoms with E-state index < -0.39 is 0 Å². The third kappa shape index (κ3) is 5.56. The minimum atomic E-state index is 0.273. The molecule has 2 nitrogen and oxygen atoms in total. The van der Waals surface area contributed by atoms with Gasteiger partial charge in [-0.25, -0.2) is 0 Å². The molecule has 12 heavy (non-hydrogen) atoms. The number of hydrogen-bond acceptors (Lipinski definition) is 2. The Morgan fingerprint density at radius 3 is 2.33 bits per heavy atom. The van der Waals surface area contributed by atoms with E-state index in [0.717, 1.165) is 19.0 Å². The van der Waals surface area contributed by atoms with Gasteiger partial charge in [0.05, 0.1) is 0 Å². The van der Waals surface area contributed by atoms with E-state index in [0.29, 0.717) is 0 Å². The molecule has 2 N–H and O–H groups in total. The van der Waals surface area contributed by atoms with Crippen LogP contribution < -0.4 is 10.6 Å². The first-order valence-electron chi connectivity index (χ1n) is 4.91. The van der Waals surface area contributed by atoms with Gasteiger partial charge in [0.15, 0.2) is 0 Å². The van der Waals surface area contributed by atoms with Crippen LogP contribution in [0.15, 0.2) is 0 Å². The summed E-state index contributed by atoms with van der Waals surface area (Å²) in [5.41, 5.74) is 0.273. The van der Waals surface area contributed by atoms with E-state index >= 15 is 0 Å². The Bertz CT molecular complexity index is 110. The minimum absolute atomic E-state index is 0.273. The first-order valence-corrected chi connectivity index (χ1v) is 4.91. The van der Waals surface area contributed by atoms with Crippen LogP contribution >= 0.6 is 0 Å². The van der Waals surface area contributed by atoms with Gasteiger partial charge in [-0.1, -0.05) is 13.8 Å². The van der Waals surface area contributed by atoms with Crippen molar-refractivity contribution in [1.82, 2.24) is 10.6 Å². The van der Waals surface area contributed by atoms with Gasteiger partial charge in [-0.2, -0.15) is 0 Å². The number of nitrogens with one attached hydrogen (secondary N) is 2. The highest BCUT2D eigenvalue weighted by molar-refractivity contribution is 4.78. The molecule has 0 heterocycles. The van der Waals surface area contributed by atoms with E-state index in [1.54, 1.807) is 0 Å². The Morgan fingerprint density at radius 2 is 1.92 bits per heavy atom. The van der Waals surface area contributed by atoms with Crippen molar-refractivity contribution in [3.8, 4) is 0 Å².